The molecule has 0 saturated carbocycles. The van der Waals surface area contributed by atoms with Crippen LogP contribution in [0.3, 0.4) is 0 Å². The molecule has 0 amide bonds. The normalized spacial score (nSPS) is 11.5. The van der Waals surface area contributed by atoms with E-state index in [4.69, 9.17) is 13.9 Å². The first kappa shape index (κ1) is 17.3. The molecule has 1 aromatic heterocycles. The van der Waals surface area contributed by atoms with Crippen LogP contribution in [-0.4, -0.2) is 11.9 Å². The Hall–Kier alpha value is -3.08. The zero-order chi connectivity index (χ0) is 17.4. The molecule has 124 valence electrons. The van der Waals surface area contributed by atoms with Crippen LogP contribution in [0.25, 0.3) is 0 Å². The smallest absolute Gasteiger partial charge is 0.379 e. The number of hydrogen-bond acceptors (Lipinski definition) is 5. The molecule has 0 spiro atoms. The lowest BCUT2D eigenvalue weighted by Crippen LogP contribution is -2.07. The minimum atomic E-state index is -0.680. The summed E-state index contributed by atoms with van der Waals surface area (Å²) in [5, 5.41) is 0. The zero-order valence-electron chi connectivity index (χ0n) is 13.5. The molecule has 0 atom stereocenters. The van der Waals surface area contributed by atoms with Crippen LogP contribution < -0.4 is 4.74 Å². The highest BCUT2D eigenvalue weighted by Crippen LogP contribution is 2.16. The van der Waals surface area contributed by atoms with Crippen molar-refractivity contribution in [3.8, 4) is 5.75 Å². The van der Waals surface area contributed by atoms with E-state index in [1.807, 2.05) is 26.0 Å². The van der Waals surface area contributed by atoms with Crippen LogP contribution in [0.5, 0.6) is 5.75 Å². The van der Waals surface area contributed by atoms with E-state index in [0.717, 1.165) is 0 Å². The van der Waals surface area contributed by atoms with Crippen molar-refractivity contribution in [3.63, 3.8) is 0 Å². The van der Waals surface area contributed by atoms with Gasteiger partial charge in [-0.15, -0.1) is 0 Å². The maximum atomic E-state index is 12.0. The highest BCUT2D eigenvalue weighted by molar-refractivity contribution is 5.92. The quantitative estimate of drug-likeness (QED) is 0.338. The summed E-state index contributed by atoms with van der Waals surface area (Å²) in [6.45, 7) is 3.73. The summed E-state index contributed by atoms with van der Waals surface area (Å²) in [7, 11) is 0. The zero-order valence-corrected chi connectivity index (χ0v) is 13.5. The summed E-state index contributed by atoms with van der Waals surface area (Å²) >= 11 is 0. The van der Waals surface area contributed by atoms with Crippen molar-refractivity contribution in [2.24, 2.45) is 0 Å². The number of furan rings is 1. The predicted molar refractivity (Wildman–Crippen MR) is 88.7 cm³/mol. The van der Waals surface area contributed by atoms with Gasteiger partial charge in [-0.05, 0) is 37.3 Å². The van der Waals surface area contributed by atoms with Gasteiger partial charge in [0.25, 0.3) is 0 Å². The van der Waals surface area contributed by atoms with Crippen molar-refractivity contribution in [2.45, 2.75) is 20.3 Å². The Morgan fingerprint density at radius 1 is 1.04 bits per heavy atom. The second-order valence-electron chi connectivity index (χ2n) is 4.77. The van der Waals surface area contributed by atoms with Gasteiger partial charge in [0.2, 0.25) is 11.5 Å². The van der Waals surface area contributed by atoms with Gasteiger partial charge in [0.05, 0.1) is 0 Å². The highest BCUT2D eigenvalue weighted by atomic mass is 16.6. The molecule has 0 aliphatic heterocycles. The van der Waals surface area contributed by atoms with Crippen molar-refractivity contribution in [1.29, 1.82) is 0 Å². The number of esters is 2. The van der Waals surface area contributed by atoms with Gasteiger partial charge in [-0.2, -0.15) is 0 Å². The molecule has 0 bridgehead atoms. The maximum absolute atomic E-state index is 12.0. The lowest BCUT2D eigenvalue weighted by atomic mass is 10.3. The number of carbonyl (C=O) groups is 2. The van der Waals surface area contributed by atoms with Crippen LogP contribution in [0.1, 0.15) is 41.4 Å². The van der Waals surface area contributed by atoms with Crippen LogP contribution in [0.2, 0.25) is 0 Å². The van der Waals surface area contributed by atoms with Gasteiger partial charge in [-0.3, -0.25) is 0 Å². The van der Waals surface area contributed by atoms with Gasteiger partial charge in [0.1, 0.15) is 11.5 Å². The molecule has 0 saturated heterocycles. The number of benzene rings is 1. The molecular formula is C19H18O5. The van der Waals surface area contributed by atoms with E-state index in [-0.39, 0.29) is 11.5 Å². The molecule has 5 heteroatoms. The molecule has 1 heterocycles. The number of ether oxygens (including phenoxy) is 2. The number of hydrogen-bond donors (Lipinski definition) is 0. The summed E-state index contributed by atoms with van der Waals surface area (Å²) < 4.78 is 15.6. The molecular weight excluding hydrogens is 308 g/mol. The van der Waals surface area contributed by atoms with Crippen LogP contribution in [0, 0.1) is 0 Å². The van der Waals surface area contributed by atoms with E-state index >= 15 is 0 Å². The molecule has 0 N–H and O–H groups in total. The average molecular weight is 326 g/mol. The molecule has 0 fully saturated rings. The van der Waals surface area contributed by atoms with Gasteiger partial charge in [0.15, 0.2) is 0 Å². The molecule has 0 aliphatic carbocycles. The fourth-order valence-electron chi connectivity index (χ4n) is 1.80. The van der Waals surface area contributed by atoms with E-state index in [0.29, 0.717) is 17.9 Å². The third-order valence-corrected chi connectivity index (χ3v) is 3.01. The minimum absolute atomic E-state index is 0.0603. The van der Waals surface area contributed by atoms with E-state index < -0.39 is 11.9 Å². The number of rotatable bonds is 6. The van der Waals surface area contributed by atoms with Crippen LogP contribution in [-0.2, 0) is 4.74 Å². The van der Waals surface area contributed by atoms with Gasteiger partial charge in [0, 0.05) is 6.42 Å². The van der Waals surface area contributed by atoms with Crippen molar-refractivity contribution in [3.05, 3.63) is 78.0 Å². The third kappa shape index (κ3) is 4.71. The standard InChI is InChI=1S/C19H18O5/c1-3-5-9-14(4-2)22-18(20)16-12-13-17(24-16)19(21)23-15-10-7-6-8-11-15/h3,5-13H,4H2,1-2H3/b5-3-,14-9+. The third-order valence-electron chi connectivity index (χ3n) is 3.01. The maximum Gasteiger partial charge on any atom is 0.379 e. The van der Waals surface area contributed by atoms with E-state index in [1.54, 1.807) is 36.4 Å². The molecule has 2 rings (SSSR count). The van der Waals surface area contributed by atoms with Gasteiger partial charge < -0.3 is 13.9 Å². The molecule has 0 unspecified atom stereocenters. The summed E-state index contributed by atoms with van der Waals surface area (Å²) in [6, 6.07) is 11.4. The summed E-state index contributed by atoms with van der Waals surface area (Å²) in [6.07, 6.45) is 5.86. The Balaban J connectivity index is 2.04. The first-order valence-electron chi connectivity index (χ1n) is 7.55. The first-order valence-corrected chi connectivity index (χ1v) is 7.55. The van der Waals surface area contributed by atoms with Crippen LogP contribution in [0.4, 0.5) is 0 Å². The summed E-state index contributed by atoms with van der Waals surface area (Å²) in [5.74, 6) is -0.573. The Bertz CT molecular complexity index is 753. The number of para-hydroxylation sites is 1. The van der Waals surface area contributed by atoms with Crippen molar-refractivity contribution >= 4 is 11.9 Å². The SMILES string of the molecule is C/C=C\C=C(/CC)OC(=O)c1ccc(C(=O)Oc2ccccc2)o1. The first-order chi connectivity index (χ1) is 11.6. The summed E-state index contributed by atoms with van der Waals surface area (Å²) in [5.41, 5.74) is 0. The Labute approximate surface area is 140 Å². The lowest BCUT2D eigenvalue weighted by molar-refractivity contribution is 0.0573. The van der Waals surface area contributed by atoms with Crippen molar-refractivity contribution in [1.82, 2.24) is 0 Å². The predicted octanol–water partition coefficient (Wildman–Crippen LogP) is 4.53. The Morgan fingerprint density at radius 3 is 2.33 bits per heavy atom. The monoisotopic (exact) mass is 326 g/mol. The van der Waals surface area contributed by atoms with Gasteiger partial charge in [-0.1, -0.05) is 37.3 Å². The largest absolute Gasteiger partial charge is 0.442 e. The second kappa shape index (κ2) is 8.53. The second-order valence-corrected chi connectivity index (χ2v) is 4.77. The molecule has 5 nitrogen and oxygen atoms in total. The van der Waals surface area contributed by atoms with Crippen LogP contribution >= 0.6 is 0 Å². The molecule has 1 aromatic carbocycles. The molecule has 0 aliphatic rings. The highest BCUT2D eigenvalue weighted by Gasteiger charge is 2.19. The minimum Gasteiger partial charge on any atom is -0.442 e. The van der Waals surface area contributed by atoms with Crippen molar-refractivity contribution < 1.29 is 23.5 Å². The fraction of sp³-hybridized carbons (Fsp3) is 0.158. The van der Waals surface area contributed by atoms with Gasteiger partial charge >= 0.3 is 11.9 Å². The van der Waals surface area contributed by atoms with E-state index in [9.17, 15) is 9.59 Å². The van der Waals surface area contributed by atoms with Crippen LogP contribution in [0.15, 0.2) is 70.9 Å². The average Bonchev–Trinajstić information content (AvgIpc) is 3.09. The Kier molecular flexibility index (Phi) is 6.14. The number of carbonyl (C=O) groups excluding carboxylic acids is 2. The molecule has 0 radical (unpaired) electrons. The number of allylic oxidation sites excluding steroid dienone is 4. The van der Waals surface area contributed by atoms with Crippen molar-refractivity contribution in [2.75, 3.05) is 0 Å². The van der Waals surface area contributed by atoms with E-state index in [2.05, 4.69) is 0 Å². The van der Waals surface area contributed by atoms with E-state index in [1.165, 1.54) is 12.1 Å². The summed E-state index contributed by atoms with van der Waals surface area (Å²) in [4.78, 5) is 24.0. The lowest BCUT2D eigenvalue weighted by Gasteiger charge is -2.04. The Morgan fingerprint density at radius 2 is 1.71 bits per heavy atom. The topological polar surface area (TPSA) is 65.7 Å². The fourth-order valence-corrected chi connectivity index (χ4v) is 1.80. The molecule has 2 aromatic rings. The molecule has 24 heavy (non-hydrogen) atoms. The van der Waals surface area contributed by atoms with Gasteiger partial charge in [-0.25, -0.2) is 9.59 Å².